The Labute approximate surface area is 143 Å². The highest BCUT2D eigenvalue weighted by atomic mass is 79.9. The van der Waals surface area contributed by atoms with Gasteiger partial charge in [-0.1, -0.05) is 35.2 Å². The number of benzene rings is 1. The summed E-state index contributed by atoms with van der Waals surface area (Å²) < 4.78 is 0.996. The topological polar surface area (TPSA) is 72.7 Å². The second-order valence-electron chi connectivity index (χ2n) is 5.96. The van der Waals surface area contributed by atoms with E-state index in [1.165, 1.54) is 36.9 Å². The molecule has 122 valence electrons. The predicted octanol–water partition coefficient (Wildman–Crippen LogP) is 2.80. The summed E-state index contributed by atoms with van der Waals surface area (Å²) in [5, 5.41) is 15.2. The molecule has 0 saturated heterocycles. The van der Waals surface area contributed by atoms with Crippen LogP contribution in [0, 0.1) is 5.92 Å². The molecule has 23 heavy (non-hydrogen) atoms. The van der Waals surface area contributed by atoms with E-state index < -0.39 is 0 Å². The average molecular weight is 378 g/mol. The zero-order chi connectivity index (χ0) is 16.1. The molecule has 1 heterocycles. The van der Waals surface area contributed by atoms with Gasteiger partial charge in [-0.3, -0.25) is 4.79 Å². The van der Waals surface area contributed by atoms with Gasteiger partial charge >= 0.3 is 0 Å². The molecule has 0 atom stereocenters. The molecule has 2 aromatic rings. The maximum Gasteiger partial charge on any atom is 0.243 e. The van der Waals surface area contributed by atoms with Crippen molar-refractivity contribution in [2.24, 2.45) is 5.92 Å². The first-order valence-corrected chi connectivity index (χ1v) is 8.80. The largest absolute Gasteiger partial charge is 0.354 e. The SMILES string of the molecule is O=C(Cn1nnc(-c2ccc(Br)cc2)n1)NCC1CCCCC1. The molecule has 7 heteroatoms. The standard InChI is InChI=1S/C16H20BrN5O/c17-14-8-6-13(7-9-14)16-19-21-22(20-16)11-15(23)18-10-12-4-2-1-3-5-12/h6-9,12H,1-5,10-11H2,(H,18,23). The van der Waals surface area contributed by atoms with Crippen LogP contribution in [0.5, 0.6) is 0 Å². The molecule has 1 aromatic carbocycles. The molecular formula is C16H20BrN5O. The molecule has 6 nitrogen and oxygen atoms in total. The van der Waals surface area contributed by atoms with Gasteiger partial charge in [0.2, 0.25) is 11.7 Å². The Morgan fingerprint density at radius 2 is 1.96 bits per heavy atom. The van der Waals surface area contributed by atoms with Crippen molar-refractivity contribution < 1.29 is 4.79 Å². The number of aromatic nitrogens is 4. The van der Waals surface area contributed by atoms with E-state index in [1.807, 2.05) is 24.3 Å². The number of hydrogen-bond donors (Lipinski definition) is 1. The highest BCUT2D eigenvalue weighted by Gasteiger charge is 2.15. The fourth-order valence-corrected chi connectivity index (χ4v) is 3.12. The Hall–Kier alpha value is -1.76. The molecule has 3 rings (SSSR count). The molecule has 0 radical (unpaired) electrons. The van der Waals surface area contributed by atoms with Crippen molar-refractivity contribution in [3.8, 4) is 11.4 Å². The molecular weight excluding hydrogens is 358 g/mol. The number of nitrogens with one attached hydrogen (secondary N) is 1. The van der Waals surface area contributed by atoms with Gasteiger partial charge in [-0.25, -0.2) is 0 Å². The minimum Gasteiger partial charge on any atom is -0.354 e. The molecule has 1 aliphatic carbocycles. The van der Waals surface area contributed by atoms with Gasteiger partial charge < -0.3 is 5.32 Å². The maximum atomic E-state index is 12.0. The number of carbonyl (C=O) groups excluding carboxylic acids is 1. The fourth-order valence-electron chi connectivity index (χ4n) is 2.86. The molecule has 1 amide bonds. The van der Waals surface area contributed by atoms with Crippen LogP contribution in [0.25, 0.3) is 11.4 Å². The van der Waals surface area contributed by atoms with Gasteiger partial charge in [0, 0.05) is 16.6 Å². The van der Waals surface area contributed by atoms with Gasteiger partial charge in [0.1, 0.15) is 6.54 Å². The molecule has 1 aromatic heterocycles. The van der Waals surface area contributed by atoms with Crippen molar-refractivity contribution in [1.82, 2.24) is 25.5 Å². The number of carbonyl (C=O) groups is 1. The third kappa shape index (κ3) is 4.60. The van der Waals surface area contributed by atoms with E-state index in [0.29, 0.717) is 11.7 Å². The first kappa shape index (κ1) is 16.1. The third-order valence-corrected chi connectivity index (χ3v) is 4.68. The van der Waals surface area contributed by atoms with Crippen LogP contribution in [0.4, 0.5) is 0 Å². The Kier molecular flexibility index (Phi) is 5.38. The average Bonchev–Trinajstić information content (AvgIpc) is 3.03. The number of amides is 1. The van der Waals surface area contributed by atoms with Crippen LogP contribution in [0.15, 0.2) is 28.7 Å². The Morgan fingerprint density at radius 3 is 2.70 bits per heavy atom. The van der Waals surface area contributed by atoms with Crippen LogP contribution < -0.4 is 5.32 Å². The molecule has 1 N–H and O–H groups in total. The van der Waals surface area contributed by atoms with Gasteiger partial charge in [-0.2, -0.15) is 4.80 Å². The number of nitrogens with zero attached hydrogens (tertiary/aromatic N) is 4. The van der Waals surface area contributed by atoms with Crippen LogP contribution in [0.3, 0.4) is 0 Å². The van der Waals surface area contributed by atoms with Crippen molar-refractivity contribution in [1.29, 1.82) is 0 Å². The van der Waals surface area contributed by atoms with Crippen LogP contribution >= 0.6 is 15.9 Å². The lowest BCUT2D eigenvalue weighted by molar-refractivity contribution is -0.122. The van der Waals surface area contributed by atoms with Crippen LogP contribution in [0.1, 0.15) is 32.1 Å². The summed E-state index contributed by atoms with van der Waals surface area (Å²) in [6.07, 6.45) is 6.32. The van der Waals surface area contributed by atoms with E-state index in [1.54, 1.807) is 0 Å². The summed E-state index contributed by atoms with van der Waals surface area (Å²) in [5.41, 5.74) is 0.877. The third-order valence-electron chi connectivity index (χ3n) is 4.15. The lowest BCUT2D eigenvalue weighted by atomic mass is 9.89. The summed E-state index contributed by atoms with van der Waals surface area (Å²) in [4.78, 5) is 13.3. The van der Waals surface area contributed by atoms with Gasteiger partial charge in [0.05, 0.1) is 0 Å². The molecule has 1 aliphatic rings. The maximum absolute atomic E-state index is 12.0. The van der Waals surface area contributed by atoms with Crippen molar-refractivity contribution in [3.63, 3.8) is 0 Å². The number of halogens is 1. The first-order chi connectivity index (χ1) is 11.2. The first-order valence-electron chi connectivity index (χ1n) is 8.01. The van der Waals surface area contributed by atoms with Crippen molar-refractivity contribution in [3.05, 3.63) is 28.7 Å². The summed E-state index contributed by atoms with van der Waals surface area (Å²) in [5.74, 6) is 1.09. The number of rotatable bonds is 5. The van der Waals surface area contributed by atoms with Crippen LogP contribution in [0.2, 0.25) is 0 Å². The van der Waals surface area contributed by atoms with Gasteiger partial charge in [-0.05, 0) is 48.2 Å². The quantitative estimate of drug-likeness (QED) is 0.869. The smallest absolute Gasteiger partial charge is 0.243 e. The monoisotopic (exact) mass is 377 g/mol. The highest BCUT2D eigenvalue weighted by molar-refractivity contribution is 9.10. The van der Waals surface area contributed by atoms with Gasteiger partial charge in [0.25, 0.3) is 0 Å². The minimum absolute atomic E-state index is 0.0599. The van der Waals surface area contributed by atoms with Crippen molar-refractivity contribution >= 4 is 21.8 Å². The minimum atomic E-state index is -0.0599. The van der Waals surface area contributed by atoms with E-state index in [9.17, 15) is 4.79 Å². The van der Waals surface area contributed by atoms with E-state index in [-0.39, 0.29) is 12.5 Å². The van der Waals surface area contributed by atoms with Gasteiger partial charge in [0.15, 0.2) is 0 Å². The van der Waals surface area contributed by atoms with E-state index in [0.717, 1.165) is 16.6 Å². The zero-order valence-electron chi connectivity index (χ0n) is 12.9. The lowest BCUT2D eigenvalue weighted by Crippen LogP contribution is -2.33. The highest BCUT2D eigenvalue weighted by Crippen LogP contribution is 2.22. The van der Waals surface area contributed by atoms with Crippen LogP contribution in [-0.2, 0) is 11.3 Å². The Morgan fingerprint density at radius 1 is 1.22 bits per heavy atom. The van der Waals surface area contributed by atoms with E-state index >= 15 is 0 Å². The molecule has 0 aliphatic heterocycles. The van der Waals surface area contributed by atoms with Crippen molar-refractivity contribution in [2.75, 3.05) is 6.54 Å². The second-order valence-corrected chi connectivity index (χ2v) is 6.87. The summed E-state index contributed by atoms with van der Waals surface area (Å²) in [7, 11) is 0. The fraction of sp³-hybridized carbons (Fsp3) is 0.500. The Balaban J connectivity index is 1.51. The molecule has 0 unspecified atom stereocenters. The van der Waals surface area contributed by atoms with E-state index in [2.05, 4.69) is 36.7 Å². The predicted molar refractivity (Wildman–Crippen MR) is 90.5 cm³/mol. The lowest BCUT2D eigenvalue weighted by Gasteiger charge is -2.21. The van der Waals surface area contributed by atoms with Gasteiger partial charge in [-0.15, -0.1) is 10.2 Å². The number of tetrazole rings is 1. The Bertz CT molecular complexity index is 649. The molecule has 1 fully saturated rings. The second kappa shape index (κ2) is 7.68. The number of hydrogen-bond acceptors (Lipinski definition) is 4. The molecule has 1 saturated carbocycles. The summed E-state index contributed by atoms with van der Waals surface area (Å²) in [6.45, 7) is 0.864. The van der Waals surface area contributed by atoms with Crippen molar-refractivity contribution in [2.45, 2.75) is 38.6 Å². The summed E-state index contributed by atoms with van der Waals surface area (Å²) >= 11 is 3.39. The normalized spacial score (nSPS) is 15.5. The molecule has 0 bridgehead atoms. The van der Waals surface area contributed by atoms with Crippen LogP contribution in [-0.4, -0.2) is 32.7 Å². The zero-order valence-corrected chi connectivity index (χ0v) is 14.5. The summed E-state index contributed by atoms with van der Waals surface area (Å²) in [6, 6.07) is 7.67. The molecule has 0 spiro atoms. The van der Waals surface area contributed by atoms with E-state index in [4.69, 9.17) is 0 Å².